The molecule has 0 radical (unpaired) electrons. The summed E-state index contributed by atoms with van der Waals surface area (Å²) in [4.78, 5) is -0.301. The zero-order chi connectivity index (χ0) is 15.6. The normalized spacial score (nSPS) is 17.0. The lowest BCUT2D eigenvalue weighted by Crippen LogP contribution is -2.30. The van der Waals surface area contributed by atoms with Gasteiger partial charge in [-0.15, -0.1) is 0 Å². The van der Waals surface area contributed by atoms with E-state index in [-0.39, 0.29) is 17.4 Å². The first-order valence-corrected chi connectivity index (χ1v) is 9.25. The summed E-state index contributed by atoms with van der Waals surface area (Å²) in [6.07, 6.45) is 2.31. The molecule has 2 rings (SSSR count). The van der Waals surface area contributed by atoms with Gasteiger partial charge in [-0.2, -0.15) is 0 Å². The number of rotatable bonds is 7. The van der Waals surface area contributed by atoms with Crippen LogP contribution in [0.5, 0.6) is 0 Å². The highest BCUT2D eigenvalue weighted by Gasteiger charge is 2.29. The summed E-state index contributed by atoms with van der Waals surface area (Å²) in [5, 5.41) is 2.83. The van der Waals surface area contributed by atoms with Crippen LogP contribution in [-0.2, 0) is 16.6 Å². The maximum atomic E-state index is 14.4. The van der Waals surface area contributed by atoms with Crippen molar-refractivity contribution in [1.82, 2.24) is 10.0 Å². The van der Waals surface area contributed by atoms with Gasteiger partial charge in [-0.25, -0.2) is 17.5 Å². The van der Waals surface area contributed by atoms with Crippen molar-refractivity contribution in [3.05, 3.63) is 28.0 Å². The smallest absolute Gasteiger partial charge is 0.243 e. The summed E-state index contributed by atoms with van der Waals surface area (Å²) in [6, 6.07) is 2.89. The molecular formula is C14H20BrFN2O2S. The van der Waals surface area contributed by atoms with Gasteiger partial charge in [-0.05, 0) is 43.9 Å². The molecule has 2 N–H and O–H groups in total. The third-order valence-electron chi connectivity index (χ3n) is 3.76. The minimum Gasteiger partial charge on any atom is -0.316 e. The standard InChI is InChI=1S/C14H20BrFN2O2S/c1-9(10-3-4-10)7-18-21(19,20)13-6-12(15)5-11(8-17-2)14(13)16/h5-6,9-10,17-18H,3-4,7-8H2,1-2H3. The molecule has 0 amide bonds. The lowest BCUT2D eigenvalue weighted by atomic mass is 10.1. The topological polar surface area (TPSA) is 58.2 Å². The van der Waals surface area contributed by atoms with Gasteiger partial charge in [0.05, 0.1) is 0 Å². The molecule has 1 fully saturated rings. The number of halogens is 2. The largest absolute Gasteiger partial charge is 0.316 e. The molecule has 1 aliphatic rings. The number of sulfonamides is 1. The van der Waals surface area contributed by atoms with Gasteiger partial charge in [0.2, 0.25) is 10.0 Å². The molecule has 1 atom stereocenters. The summed E-state index contributed by atoms with van der Waals surface area (Å²) in [7, 11) is -2.15. The third kappa shape index (κ3) is 4.25. The highest BCUT2D eigenvalue weighted by molar-refractivity contribution is 9.10. The van der Waals surface area contributed by atoms with Crippen LogP contribution in [0.4, 0.5) is 4.39 Å². The Morgan fingerprint density at radius 3 is 2.67 bits per heavy atom. The first-order valence-electron chi connectivity index (χ1n) is 6.97. The molecule has 1 unspecified atom stereocenters. The van der Waals surface area contributed by atoms with E-state index in [2.05, 4.69) is 26.0 Å². The minimum atomic E-state index is -3.84. The van der Waals surface area contributed by atoms with Crippen molar-refractivity contribution in [3.63, 3.8) is 0 Å². The summed E-state index contributed by atoms with van der Waals surface area (Å²) < 4.78 is 42.1. The lowest BCUT2D eigenvalue weighted by molar-refractivity contribution is 0.488. The van der Waals surface area contributed by atoms with Gasteiger partial charge in [-0.1, -0.05) is 22.9 Å². The molecule has 4 nitrogen and oxygen atoms in total. The molecule has 21 heavy (non-hydrogen) atoms. The van der Waals surface area contributed by atoms with E-state index in [1.807, 2.05) is 6.92 Å². The van der Waals surface area contributed by atoms with Crippen molar-refractivity contribution in [1.29, 1.82) is 0 Å². The Morgan fingerprint density at radius 1 is 1.43 bits per heavy atom. The lowest BCUT2D eigenvalue weighted by Gasteiger charge is -2.14. The van der Waals surface area contributed by atoms with E-state index in [9.17, 15) is 12.8 Å². The Kier molecular flexibility index (Phi) is 5.40. The molecule has 1 aromatic rings. The second-order valence-corrected chi connectivity index (χ2v) is 8.23. The number of hydrogen-bond acceptors (Lipinski definition) is 3. The van der Waals surface area contributed by atoms with E-state index < -0.39 is 15.8 Å². The van der Waals surface area contributed by atoms with Crippen LogP contribution in [0.15, 0.2) is 21.5 Å². The number of hydrogen-bond donors (Lipinski definition) is 2. The van der Waals surface area contributed by atoms with Crippen molar-refractivity contribution in [2.45, 2.75) is 31.2 Å². The SMILES string of the molecule is CNCc1cc(Br)cc(S(=O)(=O)NCC(C)C2CC2)c1F. The minimum absolute atomic E-state index is 0.270. The fraction of sp³-hybridized carbons (Fsp3) is 0.571. The Morgan fingerprint density at radius 2 is 2.10 bits per heavy atom. The van der Waals surface area contributed by atoms with Crippen LogP contribution in [0.3, 0.4) is 0 Å². The van der Waals surface area contributed by atoms with Gasteiger partial charge < -0.3 is 5.32 Å². The molecule has 0 aliphatic heterocycles. The summed E-state index contributed by atoms with van der Waals surface area (Å²) >= 11 is 3.24. The zero-order valence-corrected chi connectivity index (χ0v) is 14.5. The molecule has 1 aromatic carbocycles. The van der Waals surface area contributed by atoms with Gasteiger partial charge >= 0.3 is 0 Å². The second kappa shape index (κ2) is 6.73. The molecular weight excluding hydrogens is 359 g/mol. The van der Waals surface area contributed by atoms with E-state index >= 15 is 0 Å². The summed E-state index contributed by atoms with van der Waals surface area (Å²) in [5.41, 5.74) is 0.322. The van der Waals surface area contributed by atoms with Crippen molar-refractivity contribution in [2.75, 3.05) is 13.6 Å². The second-order valence-electron chi connectivity index (χ2n) is 5.57. The van der Waals surface area contributed by atoms with Gasteiger partial charge in [0.25, 0.3) is 0 Å². The molecule has 118 valence electrons. The van der Waals surface area contributed by atoms with Crippen LogP contribution < -0.4 is 10.0 Å². The molecule has 7 heteroatoms. The van der Waals surface area contributed by atoms with E-state index in [0.717, 1.165) is 12.8 Å². The van der Waals surface area contributed by atoms with Crippen LogP contribution in [-0.4, -0.2) is 22.0 Å². The molecule has 0 aromatic heterocycles. The average molecular weight is 379 g/mol. The molecule has 0 saturated heterocycles. The maximum Gasteiger partial charge on any atom is 0.243 e. The zero-order valence-electron chi connectivity index (χ0n) is 12.1. The predicted octanol–water partition coefficient (Wildman–Crippen LogP) is 2.63. The first kappa shape index (κ1) is 16.9. The molecule has 0 heterocycles. The number of benzene rings is 1. The Hall–Kier alpha value is -0.500. The average Bonchev–Trinajstić information content (AvgIpc) is 3.24. The van der Waals surface area contributed by atoms with Gasteiger partial charge in [-0.3, -0.25) is 0 Å². The van der Waals surface area contributed by atoms with E-state index in [0.29, 0.717) is 22.5 Å². The van der Waals surface area contributed by atoms with E-state index in [1.54, 1.807) is 13.1 Å². The van der Waals surface area contributed by atoms with Crippen LogP contribution >= 0.6 is 15.9 Å². The van der Waals surface area contributed by atoms with E-state index in [1.165, 1.54) is 6.07 Å². The maximum absolute atomic E-state index is 14.4. The van der Waals surface area contributed by atoms with Crippen LogP contribution in [0, 0.1) is 17.7 Å². The highest BCUT2D eigenvalue weighted by Crippen LogP contribution is 2.36. The van der Waals surface area contributed by atoms with Crippen LogP contribution in [0.25, 0.3) is 0 Å². The first-order chi connectivity index (χ1) is 9.85. The Labute approximate surface area is 133 Å². The van der Waals surface area contributed by atoms with Crippen LogP contribution in [0.1, 0.15) is 25.3 Å². The molecule has 1 aliphatic carbocycles. The van der Waals surface area contributed by atoms with Crippen LogP contribution in [0.2, 0.25) is 0 Å². The quantitative estimate of drug-likeness (QED) is 0.766. The fourth-order valence-corrected chi connectivity index (χ4v) is 4.23. The summed E-state index contributed by atoms with van der Waals surface area (Å²) in [6.45, 7) is 2.64. The molecule has 0 bridgehead atoms. The predicted molar refractivity (Wildman–Crippen MR) is 83.9 cm³/mol. The fourth-order valence-electron chi connectivity index (χ4n) is 2.28. The monoisotopic (exact) mass is 378 g/mol. The highest BCUT2D eigenvalue weighted by atomic mass is 79.9. The third-order valence-corrected chi connectivity index (χ3v) is 5.64. The Bertz CT molecular complexity index is 618. The van der Waals surface area contributed by atoms with E-state index in [4.69, 9.17) is 0 Å². The van der Waals surface area contributed by atoms with Crippen molar-refractivity contribution >= 4 is 26.0 Å². The van der Waals surface area contributed by atoms with Crippen molar-refractivity contribution in [2.24, 2.45) is 11.8 Å². The molecule has 1 saturated carbocycles. The van der Waals surface area contributed by atoms with Gasteiger partial charge in [0, 0.05) is 23.1 Å². The Balaban J connectivity index is 2.21. The summed E-state index contributed by atoms with van der Waals surface area (Å²) in [5.74, 6) is 0.186. The molecule has 0 spiro atoms. The van der Waals surface area contributed by atoms with Crippen molar-refractivity contribution < 1.29 is 12.8 Å². The van der Waals surface area contributed by atoms with Gasteiger partial charge in [0.15, 0.2) is 0 Å². The number of nitrogens with one attached hydrogen (secondary N) is 2. The van der Waals surface area contributed by atoms with Crippen molar-refractivity contribution in [3.8, 4) is 0 Å². The van der Waals surface area contributed by atoms with Gasteiger partial charge in [0.1, 0.15) is 10.7 Å².